The molecule has 0 heterocycles. The maximum absolute atomic E-state index is 11.9. The van der Waals surface area contributed by atoms with E-state index in [0.29, 0.717) is 22.7 Å². The Bertz CT molecular complexity index is 646. The van der Waals surface area contributed by atoms with Gasteiger partial charge in [-0.25, -0.2) is 4.79 Å². The first-order chi connectivity index (χ1) is 9.45. The van der Waals surface area contributed by atoms with E-state index in [0.717, 1.165) is 0 Å². The van der Waals surface area contributed by atoms with E-state index in [9.17, 15) is 9.59 Å². The van der Waals surface area contributed by atoms with Crippen molar-refractivity contribution >= 4 is 23.3 Å². The Balaban J connectivity index is 2.16. The lowest BCUT2D eigenvalue weighted by Crippen LogP contribution is -2.12. The highest BCUT2D eigenvalue weighted by molar-refractivity contribution is 5.94. The van der Waals surface area contributed by atoms with Crippen molar-refractivity contribution in [3.05, 3.63) is 53.6 Å². The van der Waals surface area contributed by atoms with Crippen molar-refractivity contribution in [2.75, 3.05) is 11.5 Å². The van der Waals surface area contributed by atoms with Crippen LogP contribution in [0.25, 0.3) is 0 Å². The molecule has 0 fully saturated rings. The first-order valence-electron chi connectivity index (χ1n) is 5.74. The summed E-state index contributed by atoms with van der Waals surface area (Å²) in [6.45, 7) is 0. The normalized spacial score (nSPS) is 10.0. The van der Waals surface area contributed by atoms with Crippen LogP contribution in [0.3, 0.4) is 0 Å². The van der Waals surface area contributed by atoms with Crippen LogP contribution in [0, 0.1) is 0 Å². The summed E-state index contributed by atoms with van der Waals surface area (Å²) < 4.78 is 5.14. The van der Waals surface area contributed by atoms with Gasteiger partial charge in [0.2, 0.25) is 5.91 Å². The number of nitrogen functional groups attached to an aromatic ring is 2. The Labute approximate surface area is 115 Å². The summed E-state index contributed by atoms with van der Waals surface area (Å²) in [6, 6.07) is 10.4. The molecular weight excluding hydrogens is 258 g/mol. The van der Waals surface area contributed by atoms with Crippen LogP contribution in [0.5, 0.6) is 5.75 Å². The highest BCUT2D eigenvalue weighted by Crippen LogP contribution is 2.17. The minimum atomic E-state index is -0.587. The lowest BCUT2D eigenvalue weighted by atomic mass is 10.2. The summed E-state index contributed by atoms with van der Waals surface area (Å²) in [5.41, 5.74) is 17.7. The highest BCUT2D eigenvalue weighted by Gasteiger charge is 2.10. The number of amides is 1. The zero-order chi connectivity index (χ0) is 14.7. The van der Waals surface area contributed by atoms with Crippen LogP contribution >= 0.6 is 0 Å². The number of rotatable bonds is 3. The fraction of sp³-hybridized carbons (Fsp3) is 0. The van der Waals surface area contributed by atoms with Crippen LogP contribution in [0.4, 0.5) is 11.4 Å². The van der Waals surface area contributed by atoms with Gasteiger partial charge in [-0.2, -0.15) is 0 Å². The minimum Gasteiger partial charge on any atom is -0.423 e. The van der Waals surface area contributed by atoms with E-state index < -0.39 is 11.9 Å². The molecule has 0 atom stereocenters. The number of carbonyl (C=O) groups is 2. The molecule has 0 radical (unpaired) electrons. The van der Waals surface area contributed by atoms with Crippen molar-refractivity contribution in [2.45, 2.75) is 0 Å². The van der Waals surface area contributed by atoms with E-state index in [1.807, 2.05) is 0 Å². The third kappa shape index (κ3) is 3.05. The van der Waals surface area contributed by atoms with Crippen molar-refractivity contribution < 1.29 is 14.3 Å². The van der Waals surface area contributed by atoms with Gasteiger partial charge in [0, 0.05) is 16.9 Å². The van der Waals surface area contributed by atoms with Gasteiger partial charge in [-0.1, -0.05) is 0 Å². The average molecular weight is 271 g/mol. The topological polar surface area (TPSA) is 121 Å². The van der Waals surface area contributed by atoms with Gasteiger partial charge in [0.05, 0.1) is 5.56 Å². The van der Waals surface area contributed by atoms with E-state index >= 15 is 0 Å². The molecule has 2 rings (SSSR count). The van der Waals surface area contributed by atoms with Gasteiger partial charge in [0.15, 0.2) is 0 Å². The predicted octanol–water partition coefficient (Wildman–Crippen LogP) is 1.17. The Morgan fingerprint density at radius 2 is 1.40 bits per heavy atom. The van der Waals surface area contributed by atoms with E-state index in [-0.39, 0.29) is 5.56 Å². The number of hydrogen-bond acceptors (Lipinski definition) is 5. The zero-order valence-electron chi connectivity index (χ0n) is 10.5. The van der Waals surface area contributed by atoms with Crippen LogP contribution in [0.15, 0.2) is 42.5 Å². The molecule has 6 nitrogen and oxygen atoms in total. The molecule has 0 aliphatic rings. The number of carbonyl (C=O) groups excluding carboxylic acids is 2. The molecule has 0 aliphatic carbocycles. The molecular formula is C14H13N3O3. The molecule has 0 aliphatic heterocycles. The van der Waals surface area contributed by atoms with Crippen molar-refractivity contribution in [2.24, 2.45) is 5.73 Å². The van der Waals surface area contributed by atoms with Gasteiger partial charge in [-0.05, 0) is 42.5 Å². The lowest BCUT2D eigenvalue weighted by Gasteiger charge is -2.06. The molecule has 0 saturated heterocycles. The molecule has 0 aromatic heterocycles. The van der Waals surface area contributed by atoms with Gasteiger partial charge in [-0.3, -0.25) is 4.79 Å². The standard InChI is InChI=1S/C14H13N3O3/c15-10-5-9(6-11(16)7-10)14(19)20-12-3-1-8(2-4-12)13(17)18/h1-7H,15-16H2,(H2,17,18). The van der Waals surface area contributed by atoms with Crippen LogP contribution in [0.2, 0.25) is 0 Å². The average Bonchev–Trinajstić information content (AvgIpc) is 2.38. The van der Waals surface area contributed by atoms with Crippen LogP contribution in [-0.2, 0) is 0 Å². The number of hydrogen-bond donors (Lipinski definition) is 3. The third-order valence-corrected chi connectivity index (χ3v) is 2.56. The van der Waals surface area contributed by atoms with E-state index in [1.54, 1.807) is 6.07 Å². The molecule has 0 unspecified atom stereocenters. The van der Waals surface area contributed by atoms with E-state index in [4.69, 9.17) is 21.9 Å². The van der Waals surface area contributed by atoms with Crippen molar-refractivity contribution in [3.63, 3.8) is 0 Å². The van der Waals surface area contributed by atoms with E-state index in [2.05, 4.69) is 0 Å². The summed E-state index contributed by atoms with van der Waals surface area (Å²) in [6.07, 6.45) is 0. The third-order valence-electron chi connectivity index (χ3n) is 2.56. The maximum Gasteiger partial charge on any atom is 0.343 e. The number of benzene rings is 2. The summed E-state index contributed by atoms with van der Waals surface area (Å²) >= 11 is 0. The van der Waals surface area contributed by atoms with Gasteiger partial charge >= 0.3 is 5.97 Å². The fourth-order valence-corrected chi connectivity index (χ4v) is 1.65. The second-order valence-corrected chi connectivity index (χ2v) is 4.17. The van der Waals surface area contributed by atoms with E-state index in [1.165, 1.54) is 36.4 Å². The van der Waals surface area contributed by atoms with Gasteiger partial charge < -0.3 is 21.9 Å². The molecule has 0 bridgehead atoms. The van der Waals surface area contributed by atoms with Gasteiger partial charge in [-0.15, -0.1) is 0 Å². The molecule has 1 amide bonds. The largest absolute Gasteiger partial charge is 0.423 e. The van der Waals surface area contributed by atoms with Crippen molar-refractivity contribution in [3.8, 4) is 5.75 Å². The highest BCUT2D eigenvalue weighted by atomic mass is 16.5. The number of esters is 1. The number of primary amides is 1. The SMILES string of the molecule is NC(=O)c1ccc(OC(=O)c2cc(N)cc(N)c2)cc1. The first-order valence-corrected chi connectivity index (χ1v) is 5.74. The summed E-state index contributed by atoms with van der Waals surface area (Å²) in [5.74, 6) is -0.844. The Hall–Kier alpha value is -3.02. The zero-order valence-corrected chi connectivity index (χ0v) is 10.5. The van der Waals surface area contributed by atoms with Crippen LogP contribution < -0.4 is 21.9 Å². The summed E-state index contributed by atoms with van der Waals surface area (Å²) in [7, 11) is 0. The molecule has 0 saturated carbocycles. The fourth-order valence-electron chi connectivity index (χ4n) is 1.65. The maximum atomic E-state index is 11.9. The van der Waals surface area contributed by atoms with Crippen molar-refractivity contribution in [1.82, 2.24) is 0 Å². The van der Waals surface area contributed by atoms with Gasteiger partial charge in [0.25, 0.3) is 0 Å². The lowest BCUT2D eigenvalue weighted by molar-refractivity contribution is 0.0735. The van der Waals surface area contributed by atoms with Crippen LogP contribution in [-0.4, -0.2) is 11.9 Å². The molecule has 0 spiro atoms. The second-order valence-electron chi connectivity index (χ2n) is 4.17. The monoisotopic (exact) mass is 271 g/mol. The summed E-state index contributed by atoms with van der Waals surface area (Å²) in [5, 5.41) is 0. The second kappa shape index (κ2) is 5.31. The first kappa shape index (κ1) is 13.4. The smallest absolute Gasteiger partial charge is 0.343 e. The predicted molar refractivity (Wildman–Crippen MR) is 75.2 cm³/mol. The Morgan fingerprint density at radius 1 is 0.850 bits per heavy atom. The van der Waals surface area contributed by atoms with Gasteiger partial charge in [0.1, 0.15) is 5.75 Å². The quantitative estimate of drug-likeness (QED) is 0.439. The molecule has 2 aromatic rings. The molecule has 6 heteroatoms. The van der Waals surface area contributed by atoms with Crippen molar-refractivity contribution in [1.29, 1.82) is 0 Å². The minimum absolute atomic E-state index is 0.251. The summed E-state index contributed by atoms with van der Waals surface area (Å²) in [4.78, 5) is 22.8. The number of ether oxygens (including phenoxy) is 1. The number of nitrogens with two attached hydrogens (primary N) is 3. The Kier molecular flexibility index (Phi) is 3.56. The molecule has 20 heavy (non-hydrogen) atoms. The number of anilines is 2. The molecule has 6 N–H and O–H groups in total. The van der Waals surface area contributed by atoms with Crippen LogP contribution in [0.1, 0.15) is 20.7 Å². The molecule has 2 aromatic carbocycles. The Morgan fingerprint density at radius 3 is 1.90 bits per heavy atom. The molecule has 102 valence electrons.